The summed E-state index contributed by atoms with van der Waals surface area (Å²) in [5.41, 5.74) is 0. The minimum atomic E-state index is -3.61. The van der Waals surface area contributed by atoms with Crippen LogP contribution in [0.25, 0.3) is 0 Å². The van der Waals surface area contributed by atoms with Gasteiger partial charge in [0.25, 0.3) is 0 Å². The number of sulfonamides is 1. The Hall–Kier alpha value is -0.270. The van der Waals surface area contributed by atoms with E-state index in [2.05, 4.69) is 0 Å². The monoisotopic (exact) mass is 295 g/mol. The Bertz CT molecular complexity index is 413. The van der Waals surface area contributed by atoms with Gasteiger partial charge >= 0.3 is 5.97 Å². The standard InChI is InChI=1S/C11H21NO4S2/c1-5-6-9-12(8(7-17-9)10(13)14)18(15,16)11(2,3)4/h8-9H,5-7H2,1-4H3,(H,13,14). The summed E-state index contributed by atoms with van der Waals surface area (Å²) in [4.78, 5) is 11.2. The van der Waals surface area contributed by atoms with Crippen molar-refractivity contribution in [3.8, 4) is 0 Å². The van der Waals surface area contributed by atoms with Crippen molar-refractivity contribution in [2.24, 2.45) is 0 Å². The van der Waals surface area contributed by atoms with Crippen LogP contribution in [-0.4, -0.2) is 45.7 Å². The van der Waals surface area contributed by atoms with Gasteiger partial charge in [-0.1, -0.05) is 13.3 Å². The minimum Gasteiger partial charge on any atom is -0.480 e. The lowest BCUT2D eigenvalue weighted by Gasteiger charge is -2.32. The van der Waals surface area contributed by atoms with Crippen molar-refractivity contribution in [1.29, 1.82) is 0 Å². The Labute approximate surface area is 113 Å². The number of aliphatic carboxylic acids is 1. The second-order valence-electron chi connectivity index (χ2n) is 5.38. The van der Waals surface area contributed by atoms with E-state index in [1.54, 1.807) is 20.8 Å². The van der Waals surface area contributed by atoms with Crippen molar-refractivity contribution in [3.63, 3.8) is 0 Å². The number of hydrogen-bond acceptors (Lipinski definition) is 4. The second-order valence-corrected chi connectivity index (χ2v) is 9.19. The zero-order valence-electron chi connectivity index (χ0n) is 11.2. The van der Waals surface area contributed by atoms with Crippen LogP contribution in [0.1, 0.15) is 40.5 Å². The Balaban J connectivity index is 3.16. The first kappa shape index (κ1) is 15.8. The average molecular weight is 295 g/mol. The maximum atomic E-state index is 12.5. The zero-order chi connectivity index (χ0) is 14.1. The Morgan fingerprint density at radius 2 is 2.00 bits per heavy atom. The highest BCUT2D eigenvalue weighted by Gasteiger charge is 2.49. The van der Waals surface area contributed by atoms with Crippen molar-refractivity contribution in [2.75, 3.05) is 5.75 Å². The number of nitrogens with zero attached hydrogens (tertiary/aromatic N) is 1. The summed E-state index contributed by atoms with van der Waals surface area (Å²) in [5.74, 6) is -0.732. The van der Waals surface area contributed by atoms with E-state index in [-0.39, 0.29) is 5.37 Å². The fraction of sp³-hybridized carbons (Fsp3) is 0.909. The molecule has 0 aromatic heterocycles. The molecule has 0 bridgehead atoms. The van der Waals surface area contributed by atoms with Gasteiger partial charge in [-0.25, -0.2) is 8.42 Å². The Kier molecular flexibility index (Phi) is 4.72. The molecule has 5 nitrogen and oxygen atoms in total. The van der Waals surface area contributed by atoms with Gasteiger partial charge in [0.2, 0.25) is 10.0 Å². The molecular formula is C11H21NO4S2. The van der Waals surface area contributed by atoms with Gasteiger partial charge in [-0.05, 0) is 27.2 Å². The smallest absolute Gasteiger partial charge is 0.322 e. The topological polar surface area (TPSA) is 74.7 Å². The number of rotatable bonds is 4. The summed E-state index contributed by atoms with van der Waals surface area (Å²) in [6.45, 7) is 6.78. The van der Waals surface area contributed by atoms with Crippen LogP contribution in [0.2, 0.25) is 0 Å². The number of carboxylic acids is 1. The first-order valence-corrected chi connectivity index (χ1v) is 8.49. The summed E-state index contributed by atoms with van der Waals surface area (Å²) in [5, 5.41) is 8.93. The van der Waals surface area contributed by atoms with Gasteiger partial charge in [0.05, 0.1) is 10.1 Å². The highest BCUT2D eigenvalue weighted by atomic mass is 32.2. The average Bonchev–Trinajstić information content (AvgIpc) is 2.60. The summed E-state index contributed by atoms with van der Waals surface area (Å²) >= 11 is 1.42. The fourth-order valence-electron chi connectivity index (χ4n) is 1.83. The molecule has 1 fully saturated rings. The van der Waals surface area contributed by atoms with Gasteiger partial charge in [0, 0.05) is 5.75 Å². The summed E-state index contributed by atoms with van der Waals surface area (Å²) < 4.78 is 25.2. The van der Waals surface area contributed by atoms with E-state index >= 15 is 0 Å². The molecule has 1 rings (SSSR count). The first-order chi connectivity index (χ1) is 8.13. The third-order valence-corrected chi connectivity index (χ3v) is 7.01. The van der Waals surface area contributed by atoms with Crippen molar-refractivity contribution >= 4 is 27.8 Å². The molecule has 1 heterocycles. The summed E-state index contributed by atoms with van der Waals surface area (Å²) in [6.07, 6.45) is 1.52. The van der Waals surface area contributed by atoms with Gasteiger partial charge in [0.15, 0.2) is 0 Å². The van der Waals surface area contributed by atoms with Crippen LogP contribution in [0.4, 0.5) is 0 Å². The van der Waals surface area contributed by atoms with Crippen LogP contribution < -0.4 is 0 Å². The van der Waals surface area contributed by atoms with Gasteiger partial charge in [-0.3, -0.25) is 4.79 Å². The molecule has 0 radical (unpaired) electrons. The highest BCUT2D eigenvalue weighted by Crippen LogP contribution is 2.38. The molecule has 0 aromatic rings. The van der Waals surface area contributed by atoms with Gasteiger partial charge in [0.1, 0.15) is 6.04 Å². The number of carbonyl (C=O) groups is 1. The molecule has 0 aromatic carbocycles. The van der Waals surface area contributed by atoms with Crippen molar-refractivity contribution in [1.82, 2.24) is 4.31 Å². The summed E-state index contributed by atoms with van der Waals surface area (Å²) in [7, 11) is -3.61. The van der Waals surface area contributed by atoms with E-state index in [0.717, 1.165) is 6.42 Å². The molecule has 0 aliphatic carbocycles. The molecule has 18 heavy (non-hydrogen) atoms. The predicted molar refractivity (Wildman–Crippen MR) is 73.1 cm³/mol. The molecule has 7 heteroatoms. The minimum absolute atomic E-state index is 0.250. The SMILES string of the molecule is CCCC1SCC(C(=O)O)N1S(=O)(=O)C(C)(C)C. The van der Waals surface area contributed by atoms with Gasteiger partial charge in [-0.15, -0.1) is 11.8 Å². The zero-order valence-corrected chi connectivity index (χ0v) is 12.8. The molecule has 2 unspecified atom stereocenters. The molecule has 2 atom stereocenters. The molecule has 0 amide bonds. The lowest BCUT2D eigenvalue weighted by Crippen LogP contribution is -2.51. The molecule has 0 spiro atoms. The molecule has 0 saturated carbocycles. The van der Waals surface area contributed by atoms with E-state index in [4.69, 9.17) is 0 Å². The van der Waals surface area contributed by atoms with E-state index in [1.807, 2.05) is 6.92 Å². The summed E-state index contributed by atoms with van der Waals surface area (Å²) in [6, 6.07) is -0.934. The third-order valence-electron chi connectivity index (χ3n) is 2.91. The van der Waals surface area contributed by atoms with E-state index < -0.39 is 26.8 Å². The number of hydrogen-bond donors (Lipinski definition) is 1. The number of carboxylic acid groups (broad SMARTS) is 1. The predicted octanol–water partition coefficient (Wildman–Crippen LogP) is 1.74. The van der Waals surface area contributed by atoms with Crippen molar-refractivity contribution in [3.05, 3.63) is 0 Å². The van der Waals surface area contributed by atoms with Crippen LogP contribution in [0, 0.1) is 0 Å². The maximum Gasteiger partial charge on any atom is 0.322 e. The lowest BCUT2D eigenvalue weighted by molar-refractivity contribution is -0.140. The van der Waals surface area contributed by atoms with Crippen LogP contribution in [0.3, 0.4) is 0 Å². The quantitative estimate of drug-likeness (QED) is 0.855. The van der Waals surface area contributed by atoms with E-state index in [1.165, 1.54) is 16.1 Å². The molecular weight excluding hydrogens is 274 g/mol. The maximum absolute atomic E-state index is 12.5. The Morgan fingerprint density at radius 3 is 2.39 bits per heavy atom. The van der Waals surface area contributed by atoms with E-state index in [9.17, 15) is 18.3 Å². The van der Waals surface area contributed by atoms with Crippen molar-refractivity contribution in [2.45, 2.75) is 56.7 Å². The highest BCUT2D eigenvalue weighted by molar-refractivity contribution is 8.01. The van der Waals surface area contributed by atoms with Crippen LogP contribution in [0.5, 0.6) is 0 Å². The molecule has 1 aliphatic heterocycles. The molecule has 1 N–H and O–H groups in total. The largest absolute Gasteiger partial charge is 0.480 e. The second kappa shape index (κ2) is 5.38. The fourth-order valence-corrected chi connectivity index (χ4v) is 5.39. The van der Waals surface area contributed by atoms with Gasteiger partial charge in [-0.2, -0.15) is 4.31 Å². The van der Waals surface area contributed by atoms with Crippen LogP contribution >= 0.6 is 11.8 Å². The van der Waals surface area contributed by atoms with E-state index in [0.29, 0.717) is 12.2 Å². The van der Waals surface area contributed by atoms with Crippen LogP contribution in [0.15, 0.2) is 0 Å². The molecule has 1 aliphatic rings. The Morgan fingerprint density at radius 1 is 1.44 bits per heavy atom. The molecule has 1 saturated heterocycles. The number of thioether (sulfide) groups is 1. The van der Waals surface area contributed by atoms with Crippen molar-refractivity contribution < 1.29 is 18.3 Å². The lowest BCUT2D eigenvalue weighted by atomic mass is 10.3. The van der Waals surface area contributed by atoms with Crippen LogP contribution in [-0.2, 0) is 14.8 Å². The van der Waals surface area contributed by atoms with Gasteiger partial charge < -0.3 is 5.11 Å². The first-order valence-electron chi connectivity index (χ1n) is 6.00. The molecule has 106 valence electrons. The normalized spacial score (nSPS) is 26.4. The third kappa shape index (κ3) is 2.83.